The van der Waals surface area contributed by atoms with Crippen LogP contribution in [-0.4, -0.2) is 74.8 Å². The maximum atomic E-state index is 12.3. The summed E-state index contributed by atoms with van der Waals surface area (Å²) in [4.78, 5) is 33.3. The van der Waals surface area contributed by atoms with E-state index in [4.69, 9.17) is 24.2 Å². The Labute approximate surface area is 242 Å². The zero-order valence-corrected chi connectivity index (χ0v) is 24.0. The molecule has 0 radical (unpaired) electrons. The number of carbonyl (C=O) groups excluding carboxylic acids is 1. The molecule has 0 saturated carbocycles. The molecule has 2 atom stereocenters. The first-order valence-electron chi connectivity index (χ1n) is 13.9. The Bertz CT molecular complexity index is 1490. The average molecular weight is 576 g/mol. The van der Waals surface area contributed by atoms with Crippen molar-refractivity contribution in [3.63, 3.8) is 0 Å². The molecule has 2 aliphatic heterocycles. The largest absolute Gasteiger partial charge is 0.486 e. The number of aryl methyl sites for hydroxylation is 1. The molecule has 41 heavy (non-hydrogen) atoms. The van der Waals surface area contributed by atoms with E-state index >= 15 is 0 Å². The molecule has 2 unspecified atom stereocenters. The highest BCUT2D eigenvalue weighted by Gasteiger charge is 2.39. The SMILES string of the molecule is CCOC(=O)c1csc(C2CCN(CCNCc3ccc4c(c3)OCCO4)C2c2cc(C)nc(-n3ccnc3)n2)n1. The zero-order valence-electron chi connectivity index (χ0n) is 23.2. The minimum Gasteiger partial charge on any atom is -0.486 e. The number of thiazole rings is 1. The molecular formula is C29H33N7O4S. The third-order valence-electron chi connectivity index (χ3n) is 7.24. The van der Waals surface area contributed by atoms with Crippen molar-refractivity contribution in [1.29, 1.82) is 0 Å². The van der Waals surface area contributed by atoms with E-state index in [0.29, 0.717) is 31.5 Å². The number of ether oxygens (including phenoxy) is 3. The first-order chi connectivity index (χ1) is 20.1. The van der Waals surface area contributed by atoms with Gasteiger partial charge in [-0.05, 0) is 50.6 Å². The monoisotopic (exact) mass is 575 g/mol. The molecule has 0 bridgehead atoms. The van der Waals surface area contributed by atoms with E-state index in [2.05, 4.69) is 32.3 Å². The van der Waals surface area contributed by atoms with Crippen LogP contribution >= 0.6 is 11.3 Å². The molecule has 214 valence electrons. The summed E-state index contributed by atoms with van der Waals surface area (Å²) in [6.45, 7) is 8.50. The first kappa shape index (κ1) is 27.3. The molecule has 12 heteroatoms. The summed E-state index contributed by atoms with van der Waals surface area (Å²) in [5, 5.41) is 6.30. The van der Waals surface area contributed by atoms with Crippen molar-refractivity contribution >= 4 is 17.3 Å². The van der Waals surface area contributed by atoms with Gasteiger partial charge in [-0.15, -0.1) is 11.3 Å². The topological polar surface area (TPSA) is 117 Å². The summed E-state index contributed by atoms with van der Waals surface area (Å²) in [5.74, 6) is 1.90. The predicted molar refractivity (Wildman–Crippen MR) is 153 cm³/mol. The molecule has 1 aromatic carbocycles. The number of rotatable bonds is 10. The minimum atomic E-state index is -0.384. The Hall–Kier alpha value is -3.87. The number of hydrogen-bond acceptors (Lipinski definition) is 11. The maximum Gasteiger partial charge on any atom is 0.357 e. The van der Waals surface area contributed by atoms with Crippen LogP contribution < -0.4 is 14.8 Å². The Morgan fingerprint density at radius 3 is 2.88 bits per heavy atom. The third-order valence-corrected chi connectivity index (χ3v) is 8.21. The predicted octanol–water partition coefficient (Wildman–Crippen LogP) is 3.70. The highest BCUT2D eigenvalue weighted by atomic mass is 32.1. The molecule has 1 fully saturated rings. The van der Waals surface area contributed by atoms with Gasteiger partial charge in [-0.25, -0.2) is 24.7 Å². The highest BCUT2D eigenvalue weighted by molar-refractivity contribution is 7.09. The van der Waals surface area contributed by atoms with E-state index < -0.39 is 0 Å². The Morgan fingerprint density at radius 1 is 1.17 bits per heavy atom. The Balaban J connectivity index is 1.21. The summed E-state index contributed by atoms with van der Waals surface area (Å²) >= 11 is 1.51. The molecule has 5 heterocycles. The van der Waals surface area contributed by atoms with Crippen molar-refractivity contribution in [2.24, 2.45) is 0 Å². The normalized spacial score (nSPS) is 18.5. The second kappa shape index (κ2) is 12.3. The van der Waals surface area contributed by atoms with Gasteiger partial charge >= 0.3 is 5.97 Å². The standard InChI is InChI=1S/C29H33N7O4S/c1-3-38-28(37)23-17-41-27(33-23)21-6-9-35(10-7-30-16-20-4-5-24-25(15-20)40-13-12-39-24)26(21)22-14-19(2)32-29(34-22)36-11-8-31-18-36/h4-5,8,11,14-15,17-18,21,26,30H,3,6-7,9-10,12-13,16H2,1-2H3. The van der Waals surface area contributed by atoms with E-state index in [1.807, 2.05) is 29.8 Å². The molecule has 4 aromatic rings. The van der Waals surface area contributed by atoms with E-state index in [0.717, 1.165) is 66.1 Å². The molecule has 2 aliphatic rings. The summed E-state index contributed by atoms with van der Waals surface area (Å²) in [6.07, 6.45) is 6.18. The number of esters is 1. The number of likely N-dealkylation sites (tertiary alicyclic amines) is 1. The van der Waals surface area contributed by atoms with Gasteiger partial charge in [-0.3, -0.25) is 9.47 Å². The fourth-order valence-corrected chi connectivity index (χ4v) is 6.34. The lowest BCUT2D eigenvalue weighted by Gasteiger charge is -2.28. The van der Waals surface area contributed by atoms with Gasteiger partial charge in [0.25, 0.3) is 0 Å². The molecule has 0 spiro atoms. The van der Waals surface area contributed by atoms with Crippen LogP contribution in [0, 0.1) is 6.92 Å². The second-order valence-corrected chi connectivity index (χ2v) is 10.9. The zero-order chi connectivity index (χ0) is 28.2. The molecule has 1 saturated heterocycles. The first-order valence-corrected chi connectivity index (χ1v) is 14.8. The quantitative estimate of drug-likeness (QED) is 0.222. The van der Waals surface area contributed by atoms with Crippen molar-refractivity contribution in [2.45, 2.75) is 38.8 Å². The lowest BCUT2D eigenvalue weighted by Crippen LogP contribution is -2.33. The van der Waals surface area contributed by atoms with E-state index in [9.17, 15) is 4.79 Å². The van der Waals surface area contributed by atoms with Crippen molar-refractivity contribution in [3.8, 4) is 17.4 Å². The van der Waals surface area contributed by atoms with Gasteiger partial charge < -0.3 is 19.5 Å². The van der Waals surface area contributed by atoms with Crippen LogP contribution in [-0.2, 0) is 11.3 Å². The van der Waals surface area contributed by atoms with E-state index in [1.165, 1.54) is 11.3 Å². The number of fused-ring (bicyclic) bond motifs is 1. The van der Waals surface area contributed by atoms with Crippen LogP contribution in [0.3, 0.4) is 0 Å². The van der Waals surface area contributed by atoms with E-state index in [1.54, 1.807) is 24.8 Å². The lowest BCUT2D eigenvalue weighted by atomic mass is 9.97. The summed E-state index contributed by atoms with van der Waals surface area (Å²) < 4.78 is 18.4. The molecule has 11 nitrogen and oxygen atoms in total. The number of carbonyl (C=O) groups is 1. The fraction of sp³-hybridized carbons (Fsp3) is 0.414. The van der Waals surface area contributed by atoms with Gasteiger partial charge in [0.2, 0.25) is 5.95 Å². The number of hydrogen-bond donors (Lipinski definition) is 1. The van der Waals surface area contributed by atoms with Crippen molar-refractivity contribution in [1.82, 2.24) is 34.7 Å². The van der Waals surface area contributed by atoms with Crippen LogP contribution in [0.25, 0.3) is 5.95 Å². The van der Waals surface area contributed by atoms with Crippen LogP contribution in [0.4, 0.5) is 0 Å². The number of aromatic nitrogens is 5. The number of nitrogens with zero attached hydrogens (tertiary/aromatic N) is 6. The van der Waals surface area contributed by atoms with Crippen molar-refractivity contribution in [2.75, 3.05) is 39.5 Å². The molecular weight excluding hydrogens is 542 g/mol. The number of nitrogens with one attached hydrogen (secondary N) is 1. The third kappa shape index (κ3) is 6.09. The van der Waals surface area contributed by atoms with E-state index in [-0.39, 0.29) is 17.9 Å². The smallest absolute Gasteiger partial charge is 0.357 e. The molecule has 1 N–H and O–H groups in total. The maximum absolute atomic E-state index is 12.3. The van der Waals surface area contributed by atoms with Gasteiger partial charge in [0.15, 0.2) is 17.2 Å². The minimum absolute atomic E-state index is 0.0174. The van der Waals surface area contributed by atoms with Gasteiger partial charge in [-0.1, -0.05) is 6.07 Å². The molecule has 0 amide bonds. The van der Waals surface area contributed by atoms with Crippen molar-refractivity contribution < 1.29 is 19.0 Å². The highest BCUT2D eigenvalue weighted by Crippen LogP contribution is 2.44. The van der Waals surface area contributed by atoms with Crippen LogP contribution in [0.5, 0.6) is 11.5 Å². The fourth-order valence-electron chi connectivity index (χ4n) is 5.39. The van der Waals surface area contributed by atoms with Crippen LogP contribution in [0.1, 0.15) is 57.8 Å². The van der Waals surface area contributed by atoms with Gasteiger partial charge in [0.05, 0.1) is 23.4 Å². The molecule has 3 aromatic heterocycles. The van der Waals surface area contributed by atoms with Crippen LogP contribution in [0.15, 0.2) is 48.4 Å². The summed E-state index contributed by atoms with van der Waals surface area (Å²) in [5.41, 5.74) is 3.33. The van der Waals surface area contributed by atoms with Gasteiger partial charge in [0.1, 0.15) is 19.5 Å². The molecule has 0 aliphatic carbocycles. The molecule has 6 rings (SSSR count). The van der Waals surface area contributed by atoms with Crippen molar-refractivity contribution in [3.05, 3.63) is 76.0 Å². The van der Waals surface area contributed by atoms with Gasteiger partial charge in [0, 0.05) is 49.0 Å². The second-order valence-electron chi connectivity index (χ2n) is 10.0. The lowest BCUT2D eigenvalue weighted by molar-refractivity contribution is 0.0520. The average Bonchev–Trinajstić information content (AvgIpc) is 3.76. The number of imidazole rings is 1. The Morgan fingerprint density at radius 2 is 2.05 bits per heavy atom. The Kier molecular flexibility index (Phi) is 8.21. The van der Waals surface area contributed by atoms with Gasteiger partial charge in [-0.2, -0.15) is 0 Å². The summed E-state index contributed by atoms with van der Waals surface area (Å²) in [6, 6.07) is 8.12. The number of benzene rings is 1. The summed E-state index contributed by atoms with van der Waals surface area (Å²) in [7, 11) is 0. The van der Waals surface area contributed by atoms with Crippen LogP contribution in [0.2, 0.25) is 0 Å².